The zero-order valence-corrected chi connectivity index (χ0v) is 15.8. The van der Waals surface area contributed by atoms with Crippen molar-refractivity contribution in [1.29, 1.82) is 0 Å². The summed E-state index contributed by atoms with van der Waals surface area (Å²) in [6.07, 6.45) is 0. The van der Waals surface area contributed by atoms with E-state index in [1.54, 1.807) is 18.2 Å². The maximum atomic E-state index is 13.4. The Morgan fingerprint density at radius 1 is 0.567 bits per heavy atom. The van der Waals surface area contributed by atoms with Crippen LogP contribution in [0.5, 0.6) is 34.9 Å². The Morgan fingerprint density at radius 3 is 1.37 bits per heavy atom. The number of hydrogen-bond acceptors (Lipinski definition) is 6. The number of halogens is 2. The van der Waals surface area contributed by atoms with Gasteiger partial charge < -0.3 is 14.2 Å². The molecule has 3 heterocycles. The molecular weight excluding hydrogens is 392 g/mol. The Hall–Kier alpha value is -4.07. The molecule has 0 amide bonds. The highest BCUT2D eigenvalue weighted by atomic mass is 19.1. The standard InChI is InChI=1S/C22H15F2N3O3/c1-14-5-2-8-20(25-14)28-15-11-16(29-21-9-3-6-18(23)26-21)13-17(12-15)30-22-10-4-7-19(24)27-22/h2-13H,1H3. The first kappa shape index (κ1) is 19.3. The fraction of sp³-hybridized carbons (Fsp3) is 0.0455. The monoisotopic (exact) mass is 407 g/mol. The number of rotatable bonds is 6. The lowest BCUT2D eigenvalue weighted by Gasteiger charge is -2.12. The van der Waals surface area contributed by atoms with Crippen molar-refractivity contribution in [2.45, 2.75) is 6.92 Å². The fourth-order valence-electron chi connectivity index (χ4n) is 2.55. The number of aromatic nitrogens is 3. The zero-order chi connectivity index (χ0) is 20.9. The molecule has 0 N–H and O–H groups in total. The first-order valence-electron chi connectivity index (χ1n) is 8.91. The van der Waals surface area contributed by atoms with Crippen molar-refractivity contribution in [2.75, 3.05) is 0 Å². The molecule has 4 rings (SSSR count). The molecule has 0 aliphatic carbocycles. The van der Waals surface area contributed by atoms with Crippen LogP contribution in [0.2, 0.25) is 0 Å². The van der Waals surface area contributed by atoms with Crippen molar-refractivity contribution in [2.24, 2.45) is 0 Å². The third-order valence-electron chi connectivity index (χ3n) is 3.76. The van der Waals surface area contributed by atoms with Crippen LogP contribution in [0.3, 0.4) is 0 Å². The van der Waals surface area contributed by atoms with Crippen molar-refractivity contribution in [3.8, 4) is 34.9 Å². The summed E-state index contributed by atoms with van der Waals surface area (Å²) in [6.45, 7) is 1.84. The topological polar surface area (TPSA) is 66.4 Å². The van der Waals surface area contributed by atoms with E-state index in [9.17, 15) is 8.78 Å². The van der Waals surface area contributed by atoms with Crippen LogP contribution in [0.1, 0.15) is 5.69 Å². The highest BCUT2D eigenvalue weighted by molar-refractivity contribution is 5.45. The van der Waals surface area contributed by atoms with Gasteiger partial charge in [-0.25, -0.2) is 4.98 Å². The average molecular weight is 407 g/mol. The lowest BCUT2D eigenvalue weighted by Crippen LogP contribution is -1.95. The Labute approximate surface area is 170 Å². The molecule has 0 fully saturated rings. The van der Waals surface area contributed by atoms with E-state index in [0.717, 1.165) is 5.69 Å². The number of benzene rings is 1. The van der Waals surface area contributed by atoms with Gasteiger partial charge in [-0.3, -0.25) is 0 Å². The number of hydrogen-bond donors (Lipinski definition) is 0. The Morgan fingerprint density at radius 2 is 0.967 bits per heavy atom. The molecule has 0 aliphatic rings. The van der Waals surface area contributed by atoms with Crippen LogP contribution in [-0.2, 0) is 0 Å². The summed E-state index contributed by atoms with van der Waals surface area (Å²) in [7, 11) is 0. The minimum absolute atomic E-state index is 0.0515. The van der Waals surface area contributed by atoms with E-state index in [0.29, 0.717) is 11.6 Å². The summed E-state index contributed by atoms with van der Waals surface area (Å²) in [6, 6.07) is 18.4. The van der Waals surface area contributed by atoms with E-state index >= 15 is 0 Å². The third kappa shape index (κ3) is 5.05. The fourth-order valence-corrected chi connectivity index (χ4v) is 2.55. The van der Waals surface area contributed by atoms with Crippen LogP contribution in [0, 0.1) is 18.8 Å². The van der Waals surface area contributed by atoms with Crippen molar-refractivity contribution in [1.82, 2.24) is 15.0 Å². The number of ether oxygens (including phenoxy) is 3. The molecule has 3 aromatic heterocycles. The second-order valence-corrected chi connectivity index (χ2v) is 6.16. The highest BCUT2D eigenvalue weighted by Crippen LogP contribution is 2.34. The van der Waals surface area contributed by atoms with E-state index < -0.39 is 11.9 Å². The SMILES string of the molecule is Cc1cccc(Oc2cc(Oc3cccc(F)n3)cc(Oc3cccc(F)n3)c2)n1. The van der Waals surface area contributed by atoms with Crippen LogP contribution >= 0.6 is 0 Å². The maximum absolute atomic E-state index is 13.4. The lowest BCUT2D eigenvalue weighted by atomic mass is 10.3. The molecule has 0 atom stereocenters. The summed E-state index contributed by atoms with van der Waals surface area (Å²) >= 11 is 0. The molecule has 0 aliphatic heterocycles. The molecule has 4 aromatic rings. The first-order chi connectivity index (χ1) is 14.5. The highest BCUT2D eigenvalue weighted by Gasteiger charge is 2.10. The van der Waals surface area contributed by atoms with Crippen molar-refractivity contribution >= 4 is 0 Å². The minimum atomic E-state index is -0.677. The van der Waals surface area contributed by atoms with Gasteiger partial charge in [0.1, 0.15) is 17.2 Å². The average Bonchev–Trinajstić information content (AvgIpc) is 2.68. The van der Waals surface area contributed by atoms with Gasteiger partial charge in [0, 0.05) is 42.1 Å². The van der Waals surface area contributed by atoms with Crippen molar-refractivity contribution in [3.63, 3.8) is 0 Å². The quantitative estimate of drug-likeness (QED) is 0.374. The Kier molecular flexibility index (Phi) is 5.47. The van der Waals surface area contributed by atoms with Gasteiger partial charge in [-0.1, -0.05) is 18.2 Å². The summed E-state index contributed by atoms with van der Waals surface area (Å²) in [4.78, 5) is 11.6. The van der Waals surface area contributed by atoms with Gasteiger partial charge in [0.2, 0.25) is 29.5 Å². The third-order valence-corrected chi connectivity index (χ3v) is 3.76. The molecule has 0 saturated carbocycles. The maximum Gasteiger partial charge on any atom is 0.221 e. The van der Waals surface area contributed by atoms with Gasteiger partial charge in [0.25, 0.3) is 0 Å². The molecule has 0 spiro atoms. The van der Waals surface area contributed by atoms with Crippen LogP contribution in [0.4, 0.5) is 8.78 Å². The molecule has 0 bridgehead atoms. The Bertz CT molecular complexity index is 1030. The van der Waals surface area contributed by atoms with Gasteiger partial charge in [-0.15, -0.1) is 0 Å². The van der Waals surface area contributed by atoms with Crippen molar-refractivity contribution in [3.05, 3.63) is 90.4 Å². The molecule has 0 unspecified atom stereocenters. The number of nitrogens with zero attached hydrogens (tertiary/aromatic N) is 3. The van der Waals surface area contributed by atoms with Crippen LogP contribution in [0.15, 0.2) is 72.8 Å². The minimum Gasteiger partial charge on any atom is -0.439 e. The van der Waals surface area contributed by atoms with E-state index in [4.69, 9.17) is 14.2 Å². The summed E-state index contributed by atoms with van der Waals surface area (Å²) in [5.74, 6) is -0.00602. The normalized spacial score (nSPS) is 10.5. The molecule has 30 heavy (non-hydrogen) atoms. The van der Waals surface area contributed by atoms with E-state index in [1.807, 2.05) is 19.1 Å². The molecule has 0 radical (unpaired) electrons. The van der Waals surface area contributed by atoms with Crippen molar-refractivity contribution < 1.29 is 23.0 Å². The molecule has 6 nitrogen and oxygen atoms in total. The lowest BCUT2D eigenvalue weighted by molar-refractivity contribution is 0.413. The zero-order valence-electron chi connectivity index (χ0n) is 15.8. The van der Waals surface area contributed by atoms with Gasteiger partial charge in [-0.2, -0.15) is 18.7 Å². The van der Waals surface area contributed by atoms with Crippen LogP contribution in [0.25, 0.3) is 0 Å². The summed E-state index contributed by atoms with van der Waals surface area (Å²) in [5.41, 5.74) is 0.782. The smallest absolute Gasteiger partial charge is 0.221 e. The van der Waals surface area contributed by atoms with E-state index in [1.165, 1.54) is 42.5 Å². The van der Waals surface area contributed by atoms with Gasteiger partial charge in [-0.05, 0) is 25.1 Å². The van der Waals surface area contributed by atoms with Crippen LogP contribution in [-0.4, -0.2) is 15.0 Å². The molecule has 0 saturated heterocycles. The van der Waals surface area contributed by atoms with E-state index in [2.05, 4.69) is 15.0 Å². The second-order valence-electron chi connectivity index (χ2n) is 6.16. The molecule has 8 heteroatoms. The summed E-state index contributed by atoms with van der Waals surface area (Å²) < 4.78 is 43.9. The molecular formula is C22H15F2N3O3. The summed E-state index contributed by atoms with van der Waals surface area (Å²) in [5, 5.41) is 0. The molecule has 1 aromatic carbocycles. The molecule has 150 valence electrons. The predicted octanol–water partition coefficient (Wildman–Crippen LogP) is 5.84. The predicted molar refractivity (Wildman–Crippen MR) is 104 cm³/mol. The Balaban J connectivity index is 1.67. The first-order valence-corrected chi connectivity index (χ1v) is 8.91. The van der Waals surface area contributed by atoms with Gasteiger partial charge >= 0.3 is 0 Å². The van der Waals surface area contributed by atoms with Crippen LogP contribution < -0.4 is 14.2 Å². The largest absolute Gasteiger partial charge is 0.439 e. The van der Waals surface area contributed by atoms with Gasteiger partial charge in [0.15, 0.2) is 0 Å². The second kappa shape index (κ2) is 8.52. The number of pyridine rings is 3. The van der Waals surface area contributed by atoms with Gasteiger partial charge in [0.05, 0.1) is 0 Å². The number of aryl methyl sites for hydroxylation is 1. The van der Waals surface area contributed by atoms with E-state index in [-0.39, 0.29) is 23.3 Å².